The van der Waals surface area contributed by atoms with Gasteiger partial charge in [0.2, 0.25) is 0 Å². The van der Waals surface area contributed by atoms with E-state index < -0.39 is 0 Å². The summed E-state index contributed by atoms with van der Waals surface area (Å²) < 4.78 is 3.51. The molecule has 0 fully saturated rings. The van der Waals surface area contributed by atoms with Crippen LogP contribution in [0.1, 0.15) is 41.5 Å². The molecule has 0 nitrogen and oxygen atoms in total. The van der Waals surface area contributed by atoms with Crippen LogP contribution in [-0.4, -0.2) is 0 Å². The third kappa shape index (κ3) is 3.67. The maximum Gasteiger partial charge on any atom is -1.00 e. The van der Waals surface area contributed by atoms with Gasteiger partial charge >= 0.3 is 115 Å². The van der Waals surface area contributed by atoms with E-state index in [-0.39, 0.29) is 44.0 Å². The Morgan fingerprint density at radius 3 is 1.26 bits per heavy atom. The Kier molecular flexibility index (Phi) is 7.41. The van der Waals surface area contributed by atoms with Crippen LogP contribution in [0.2, 0.25) is 0 Å². The van der Waals surface area contributed by atoms with Crippen molar-refractivity contribution >= 4 is 0 Å². The molecule has 2 unspecified atom stereocenters. The molecule has 0 bridgehead atoms. The van der Waals surface area contributed by atoms with Crippen LogP contribution in [0.4, 0.5) is 0 Å². The molecule has 2 rings (SSSR count). The van der Waals surface area contributed by atoms with Crippen molar-refractivity contribution < 1.29 is 44.0 Å². The van der Waals surface area contributed by atoms with Crippen molar-refractivity contribution in [2.45, 2.75) is 41.5 Å². The van der Waals surface area contributed by atoms with Gasteiger partial charge in [0.05, 0.1) is 0 Å². The maximum atomic E-state index is 2.43. The molecular formula is C16H22Cl2Ti. The normalized spacial score (nSPS) is 25.6. The van der Waals surface area contributed by atoms with Gasteiger partial charge in [0.25, 0.3) is 0 Å². The van der Waals surface area contributed by atoms with Crippen LogP contribution < -0.4 is 24.8 Å². The topological polar surface area (TPSA) is 0 Å². The Labute approximate surface area is 139 Å². The molecule has 0 saturated heterocycles. The van der Waals surface area contributed by atoms with Gasteiger partial charge in [0.1, 0.15) is 0 Å². The first-order valence-electron chi connectivity index (χ1n) is 6.48. The minimum atomic E-state index is -0.0939. The minimum Gasteiger partial charge on any atom is -1.00 e. The van der Waals surface area contributed by atoms with Crippen molar-refractivity contribution in [3.63, 3.8) is 0 Å². The maximum absolute atomic E-state index is 2.43. The third-order valence-corrected chi connectivity index (χ3v) is 7.61. The van der Waals surface area contributed by atoms with Crippen molar-refractivity contribution in [3.8, 4) is 0 Å². The molecule has 0 spiro atoms. The first kappa shape index (κ1) is 19.3. The molecule has 0 amide bonds. The summed E-state index contributed by atoms with van der Waals surface area (Å²) >= 11 is -0.0939. The van der Waals surface area contributed by atoms with Gasteiger partial charge in [-0.3, -0.25) is 0 Å². The van der Waals surface area contributed by atoms with Crippen LogP contribution in [0.25, 0.3) is 0 Å². The number of halogens is 2. The van der Waals surface area contributed by atoms with E-state index in [4.69, 9.17) is 0 Å². The van der Waals surface area contributed by atoms with Crippen LogP contribution in [0.3, 0.4) is 0 Å². The van der Waals surface area contributed by atoms with Gasteiger partial charge in [-0.05, 0) is 0 Å². The summed E-state index contributed by atoms with van der Waals surface area (Å²) in [5.74, 6) is 1.37. The van der Waals surface area contributed by atoms with E-state index in [1.807, 2.05) is 0 Å². The molecule has 2 aliphatic rings. The van der Waals surface area contributed by atoms with E-state index in [0.717, 1.165) is 0 Å². The standard InChI is InChI=1S/2C8H11.2ClH.Ti/c2*1-6-4-7(2)8(3)5-6;;;/h2*4,6H,1-3H3;2*1H;/q;;;;+2/p-2. The van der Waals surface area contributed by atoms with Crippen LogP contribution in [0, 0.1) is 11.8 Å². The van der Waals surface area contributed by atoms with Crippen LogP contribution in [-0.2, 0) is 19.2 Å². The van der Waals surface area contributed by atoms with Gasteiger partial charge in [-0.1, -0.05) is 0 Å². The van der Waals surface area contributed by atoms with Gasteiger partial charge in [0.15, 0.2) is 0 Å². The fraction of sp³-hybridized carbons (Fsp3) is 0.500. The quantitative estimate of drug-likeness (QED) is 0.558. The molecule has 0 aliphatic heterocycles. The van der Waals surface area contributed by atoms with E-state index in [9.17, 15) is 0 Å². The molecule has 2 aliphatic carbocycles. The SMILES string of the molecule is CC1=CC(C)[C]([Ti+2][C]2=C(C)C(C)=CC2C)=C1C.[Cl-].[Cl-]. The molecule has 0 heterocycles. The van der Waals surface area contributed by atoms with Crippen molar-refractivity contribution in [2.75, 3.05) is 0 Å². The van der Waals surface area contributed by atoms with Gasteiger partial charge in [0, 0.05) is 0 Å². The second kappa shape index (κ2) is 7.32. The van der Waals surface area contributed by atoms with Crippen molar-refractivity contribution in [2.24, 2.45) is 11.8 Å². The Morgan fingerprint density at radius 1 is 0.737 bits per heavy atom. The molecule has 19 heavy (non-hydrogen) atoms. The van der Waals surface area contributed by atoms with E-state index in [2.05, 4.69) is 53.7 Å². The predicted molar refractivity (Wildman–Crippen MR) is 71.2 cm³/mol. The molecule has 0 aromatic heterocycles. The monoisotopic (exact) mass is 332 g/mol. The third-order valence-electron chi connectivity index (χ3n) is 4.17. The predicted octanol–water partition coefficient (Wildman–Crippen LogP) is -1.18. The molecule has 2 atom stereocenters. The van der Waals surface area contributed by atoms with Crippen molar-refractivity contribution in [3.05, 3.63) is 42.2 Å². The summed E-state index contributed by atoms with van der Waals surface area (Å²) in [6.45, 7) is 13.8. The van der Waals surface area contributed by atoms with Gasteiger partial charge < -0.3 is 24.8 Å². The zero-order valence-electron chi connectivity index (χ0n) is 12.6. The summed E-state index contributed by atoms with van der Waals surface area (Å²) in [6, 6.07) is 0. The van der Waals surface area contributed by atoms with Gasteiger partial charge in [-0.25, -0.2) is 0 Å². The van der Waals surface area contributed by atoms with E-state index >= 15 is 0 Å². The largest absolute Gasteiger partial charge is 1.00 e. The second-order valence-corrected chi connectivity index (χ2v) is 7.55. The van der Waals surface area contributed by atoms with E-state index in [1.54, 1.807) is 18.9 Å². The summed E-state index contributed by atoms with van der Waals surface area (Å²) in [7, 11) is 0. The van der Waals surface area contributed by atoms with E-state index in [1.165, 1.54) is 11.1 Å². The molecule has 0 aromatic carbocycles. The Morgan fingerprint density at radius 2 is 1.05 bits per heavy atom. The number of allylic oxidation sites excluding steroid dienone is 8. The zero-order chi connectivity index (χ0) is 12.7. The van der Waals surface area contributed by atoms with E-state index in [0.29, 0.717) is 11.8 Å². The van der Waals surface area contributed by atoms with Gasteiger partial charge in [-0.15, -0.1) is 0 Å². The first-order chi connectivity index (χ1) is 7.91. The Hall–Kier alpha value is 0.254. The molecule has 0 radical (unpaired) electrons. The number of hydrogen-bond acceptors (Lipinski definition) is 0. The second-order valence-electron chi connectivity index (χ2n) is 5.48. The average molecular weight is 333 g/mol. The number of hydrogen-bond donors (Lipinski definition) is 0. The molecule has 0 N–H and O–H groups in total. The summed E-state index contributed by atoms with van der Waals surface area (Å²) in [5, 5.41) is 0. The summed E-state index contributed by atoms with van der Waals surface area (Å²) in [5.41, 5.74) is 6.17. The summed E-state index contributed by atoms with van der Waals surface area (Å²) in [6.07, 6.45) is 4.87. The minimum absolute atomic E-state index is 0. The van der Waals surface area contributed by atoms with Crippen molar-refractivity contribution in [1.82, 2.24) is 0 Å². The number of rotatable bonds is 2. The Bertz CT molecular complexity index is 437. The van der Waals surface area contributed by atoms with Gasteiger partial charge in [-0.2, -0.15) is 0 Å². The first-order valence-corrected chi connectivity index (χ1v) is 8.04. The molecule has 0 saturated carbocycles. The average Bonchev–Trinajstić information content (AvgIpc) is 2.62. The fourth-order valence-electron chi connectivity index (χ4n) is 2.83. The summed E-state index contributed by atoms with van der Waals surface area (Å²) in [4.78, 5) is 0. The van der Waals surface area contributed by atoms with Crippen LogP contribution in [0.5, 0.6) is 0 Å². The Balaban J connectivity index is 0.00000162. The molecule has 3 heteroatoms. The van der Waals surface area contributed by atoms with Crippen LogP contribution >= 0.6 is 0 Å². The molecule has 104 valence electrons. The molecular weight excluding hydrogens is 311 g/mol. The zero-order valence-corrected chi connectivity index (χ0v) is 15.6. The smallest absolute Gasteiger partial charge is 1.00 e. The van der Waals surface area contributed by atoms with Crippen molar-refractivity contribution in [1.29, 1.82) is 0 Å². The molecule has 0 aromatic rings. The fourth-order valence-corrected chi connectivity index (χ4v) is 5.46. The van der Waals surface area contributed by atoms with Crippen LogP contribution in [0.15, 0.2) is 42.2 Å².